The fourth-order valence-corrected chi connectivity index (χ4v) is 1.86. The van der Waals surface area contributed by atoms with Crippen molar-refractivity contribution in [2.24, 2.45) is 4.99 Å². The lowest BCUT2D eigenvalue weighted by Crippen LogP contribution is -2.19. The molecular weight excluding hydrogens is 313 g/mol. The highest BCUT2D eigenvalue weighted by Crippen LogP contribution is 2.20. The zero-order valence-electron chi connectivity index (χ0n) is 10.6. The minimum atomic E-state index is -0.548. The van der Waals surface area contributed by atoms with E-state index in [1.54, 1.807) is 24.3 Å². The van der Waals surface area contributed by atoms with Crippen LogP contribution >= 0.6 is 23.8 Å². The second kappa shape index (κ2) is 6.95. The number of aliphatic imine (C=N–C) groups is 1. The summed E-state index contributed by atoms with van der Waals surface area (Å²) in [7, 11) is 0. The van der Waals surface area contributed by atoms with Crippen molar-refractivity contribution in [2.75, 3.05) is 10.6 Å². The Morgan fingerprint density at radius 2 is 1.90 bits per heavy atom. The maximum Gasteiger partial charge on any atom is 0.323 e. The molecule has 7 heteroatoms. The molecule has 0 fully saturated rings. The first-order chi connectivity index (χ1) is 10.1. The lowest BCUT2D eigenvalue weighted by Gasteiger charge is -2.08. The average molecular weight is 322 g/mol. The molecule has 2 amide bonds. The van der Waals surface area contributed by atoms with Crippen LogP contribution in [0.4, 0.5) is 26.2 Å². The highest BCUT2D eigenvalue weighted by Gasteiger charge is 2.05. The van der Waals surface area contributed by atoms with E-state index in [4.69, 9.17) is 11.6 Å². The van der Waals surface area contributed by atoms with Crippen LogP contribution in [0, 0.1) is 5.82 Å². The zero-order valence-corrected chi connectivity index (χ0v) is 12.1. The Hall–Kier alpha value is -2.27. The van der Waals surface area contributed by atoms with Crippen molar-refractivity contribution in [1.29, 1.82) is 0 Å². The van der Waals surface area contributed by atoms with E-state index in [0.717, 1.165) is 0 Å². The molecule has 4 nitrogen and oxygen atoms in total. The highest BCUT2D eigenvalue weighted by atomic mass is 35.5. The molecule has 2 aromatic rings. The van der Waals surface area contributed by atoms with E-state index in [1.807, 2.05) is 0 Å². The van der Waals surface area contributed by atoms with Crippen molar-refractivity contribution in [3.05, 3.63) is 53.3 Å². The van der Waals surface area contributed by atoms with Gasteiger partial charge in [-0.05, 0) is 48.6 Å². The molecular formula is C14H9ClFN3OS. The molecule has 0 spiro atoms. The molecule has 0 aromatic heterocycles. The van der Waals surface area contributed by atoms with Crippen molar-refractivity contribution in [2.45, 2.75) is 0 Å². The SMILES string of the molecule is O=C(Nc1cccc(N=C=S)c1)Nc1ccc(F)c(Cl)c1. The van der Waals surface area contributed by atoms with Crippen LogP contribution in [-0.2, 0) is 0 Å². The van der Waals surface area contributed by atoms with Crippen molar-refractivity contribution in [1.82, 2.24) is 0 Å². The zero-order chi connectivity index (χ0) is 15.2. The van der Waals surface area contributed by atoms with Crippen LogP contribution in [0.3, 0.4) is 0 Å². The number of hydrogen-bond donors (Lipinski definition) is 2. The minimum absolute atomic E-state index is 0.0647. The minimum Gasteiger partial charge on any atom is -0.308 e. The van der Waals surface area contributed by atoms with Crippen LogP contribution in [0.1, 0.15) is 0 Å². The third-order valence-electron chi connectivity index (χ3n) is 2.46. The Morgan fingerprint density at radius 3 is 2.57 bits per heavy atom. The molecule has 106 valence electrons. The largest absolute Gasteiger partial charge is 0.323 e. The number of amides is 2. The number of hydrogen-bond acceptors (Lipinski definition) is 3. The van der Waals surface area contributed by atoms with Crippen LogP contribution in [0.25, 0.3) is 0 Å². The first-order valence-electron chi connectivity index (χ1n) is 5.79. The molecule has 2 aromatic carbocycles. The summed E-state index contributed by atoms with van der Waals surface area (Å²) in [5.74, 6) is -0.548. The number of isothiocyanates is 1. The molecule has 0 saturated heterocycles. The number of nitrogens with one attached hydrogen (secondary N) is 2. The van der Waals surface area contributed by atoms with Gasteiger partial charge in [-0.25, -0.2) is 9.18 Å². The molecule has 2 rings (SSSR count). The van der Waals surface area contributed by atoms with Gasteiger partial charge in [0.25, 0.3) is 0 Å². The number of benzene rings is 2. The lowest BCUT2D eigenvalue weighted by molar-refractivity contribution is 0.262. The van der Waals surface area contributed by atoms with E-state index in [9.17, 15) is 9.18 Å². The van der Waals surface area contributed by atoms with Crippen LogP contribution in [-0.4, -0.2) is 11.2 Å². The molecule has 0 bridgehead atoms. The van der Waals surface area contributed by atoms with Gasteiger partial charge in [0.1, 0.15) is 5.82 Å². The molecule has 0 aliphatic carbocycles. The van der Waals surface area contributed by atoms with Gasteiger partial charge in [0.05, 0.1) is 15.9 Å². The monoisotopic (exact) mass is 321 g/mol. The van der Waals surface area contributed by atoms with Gasteiger partial charge in [0, 0.05) is 11.4 Å². The Labute approximate surface area is 130 Å². The van der Waals surface area contributed by atoms with Gasteiger partial charge in [-0.2, -0.15) is 4.99 Å². The summed E-state index contributed by atoms with van der Waals surface area (Å²) in [6.45, 7) is 0. The highest BCUT2D eigenvalue weighted by molar-refractivity contribution is 7.78. The van der Waals surface area contributed by atoms with Crippen molar-refractivity contribution in [3.63, 3.8) is 0 Å². The van der Waals surface area contributed by atoms with Crippen LogP contribution < -0.4 is 10.6 Å². The summed E-state index contributed by atoms with van der Waals surface area (Å²) in [5.41, 5.74) is 1.49. The molecule has 21 heavy (non-hydrogen) atoms. The van der Waals surface area contributed by atoms with E-state index in [2.05, 4.69) is 33.0 Å². The number of anilines is 2. The molecule has 0 aliphatic rings. The summed E-state index contributed by atoms with van der Waals surface area (Å²) in [5, 5.41) is 7.34. The topological polar surface area (TPSA) is 53.5 Å². The van der Waals surface area contributed by atoms with E-state index in [1.165, 1.54) is 18.2 Å². The quantitative estimate of drug-likeness (QED) is 0.626. The maximum atomic E-state index is 13.0. The second-order valence-electron chi connectivity index (χ2n) is 3.96. The molecule has 0 unspecified atom stereocenters. The molecule has 0 heterocycles. The standard InChI is InChI=1S/C14H9ClFN3OS/c15-12-7-11(4-5-13(12)16)19-14(20)18-10-3-1-2-9(6-10)17-8-21/h1-7H,(H2,18,19,20). The van der Waals surface area contributed by atoms with Gasteiger partial charge < -0.3 is 10.6 Å². The van der Waals surface area contributed by atoms with Gasteiger partial charge in [-0.3, -0.25) is 0 Å². The predicted octanol–water partition coefficient (Wildman–Crippen LogP) is 4.86. The summed E-state index contributed by atoms with van der Waals surface area (Å²) in [6.07, 6.45) is 0. The van der Waals surface area contributed by atoms with Crippen LogP contribution in [0.2, 0.25) is 5.02 Å². The first kappa shape index (κ1) is 15.1. The number of carbonyl (C=O) groups is 1. The number of rotatable bonds is 3. The second-order valence-corrected chi connectivity index (χ2v) is 4.55. The van der Waals surface area contributed by atoms with E-state index in [-0.39, 0.29) is 5.02 Å². The third kappa shape index (κ3) is 4.36. The van der Waals surface area contributed by atoms with Crippen molar-refractivity contribution in [3.8, 4) is 0 Å². The number of halogens is 2. The summed E-state index contributed by atoms with van der Waals surface area (Å²) >= 11 is 10.2. The predicted molar refractivity (Wildman–Crippen MR) is 85.2 cm³/mol. The lowest BCUT2D eigenvalue weighted by atomic mass is 10.3. The van der Waals surface area contributed by atoms with E-state index >= 15 is 0 Å². The summed E-state index contributed by atoms with van der Waals surface area (Å²) in [4.78, 5) is 15.6. The Bertz CT molecular complexity index is 732. The number of carbonyl (C=O) groups excluding carboxylic acids is 1. The molecule has 0 radical (unpaired) electrons. The van der Waals surface area contributed by atoms with Crippen LogP contribution in [0.15, 0.2) is 47.5 Å². The molecule has 0 aliphatic heterocycles. The molecule has 2 N–H and O–H groups in total. The molecule has 0 saturated carbocycles. The van der Waals surface area contributed by atoms with Crippen molar-refractivity contribution < 1.29 is 9.18 Å². The van der Waals surface area contributed by atoms with Gasteiger partial charge >= 0.3 is 6.03 Å². The summed E-state index contributed by atoms with van der Waals surface area (Å²) in [6, 6.07) is 10.2. The number of urea groups is 1. The average Bonchev–Trinajstić information content (AvgIpc) is 2.43. The van der Waals surface area contributed by atoms with E-state index < -0.39 is 11.8 Å². The normalized spacial score (nSPS) is 9.62. The van der Waals surface area contributed by atoms with E-state index in [0.29, 0.717) is 17.1 Å². The van der Waals surface area contributed by atoms with Crippen LogP contribution in [0.5, 0.6) is 0 Å². The maximum absolute atomic E-state index is 13.0. The number of nitrogens with zero attached hydrogens (tertiary/aromatic N) is 1. The molecule has 0 atom stereocenters. The van der Waals surface area contributed by atoms with Gasteiger partial charge in [0.2, 0.25) is 0 Å². The smallest absolute Gasteiger partial charge is 0.308 e. The van der Waals surface area contributed by atoms with Gasteiger partial charge in [0.15, 0.2) is 0 Å². The Kier molecular flexibility index (Phi) is 5.00. The van der Waals surface area contributed by atoms with Gasteiger partial charge in [-0.1, -0.05) is 17.7 Å². The Balaban J connectivity index is 2.06. The van der Waals surface area contributed by atoms with Crippen molar-refractivity contribution >= 4 is 52.1 Å². The summed E-state index contributed by atoms with van der Waals surface area (Å²) < 4.78 is 13.0. The Morgan fingerprint density at radius 1 is 1.19 bits per heavy atom. The van der Waals surface area contributed by atoms with Gasteiger partial charge in [-0.15, -0.1) is 0 Å². The fourth-order valence-electron chi connectivity index (χ4n) is 1.57. The third-order valence-corrected chi connectivity index (χ3v) is 2.84. The fraction of sp³-hybridized carbons (Fsp3) is 0. The number of thiocarbonyl (C=S) groups is 1. The first-order valence-corrected chi connectivity index (χ1v) is 6.58.